The van der Waals surface area contributed by atoms with Gasteiger partial charge in [0.25, 0.3) is 10.0 Å². The average molecular weight is 388 g/mol. The van der Waals surface area contributed by atoms with Crippen LogP contribution in [-0.2, 0) is 14.8 Å². The first kappa shape index (κ1) is 19.2. The van der Waals surface area contributed by atoms with Crippen LogP contribution in [0.4, 0.5) is 11.4 Å². The maximum atomic E-state index is 12.6. The lowest BCUT2D eigenvalue weighted by molar-refractivity contribution is -0.118. The molecule has 0 bridgehead atoms. The van der Waals surface area contributed by atoms with Gasteiger partial charge in [-0.15, -0.1) is 0 Å². The Balaban J connectivity index is 1.67. The van der Waals surface area contributed by atoms with E-state index < -0.39 is 10.0 Å². The highest BCUT2D eigenvalue weighted by Gasteiger charge is 2.17. The average Bonchev–Trinajstić information content (AvgIpc) is 2.68. The Hall–Kier alpha value is -2.54. The minimum atomic E-state index is -3.61. The second-order valence-electron chi connectivity index (χ2n) is 7.00. The molecule has 1 aliphatic heterocycles. The van der Waals surface area contributed by atoms with E-state index in [4.69, 9.17) is 0 Å². The van der Waals surface area contributed by atoms with E-state index in [1.165, 1.54) is 0 Å². The summed E-state index contributed by atoms with van der Waals surface area (Å²) in [5, 5.41) is 0. The van der Waals surface area contributed by atoms with Gasteiger partial charge in [-0.1, -0.05) is 26.0 Å². The first-order chi connectivity index (χ1) is 12.9. The summed E-state index contributed by atoms with van der Waals surface area (Å²) in [6, 6.07) is 14.3. The van der Waals surface area contributed by atoms with Crippen LogP contribution in [0.1, 0.15) is 25.3 Å². The van der Waals surface area contributed by atoms with Crippen LogP contribution in [0.5, 0.6) is 0 Å². The van der Waals surface area contributed by atoms with E-state index in [-0.39, 0.29) is 4.90 Å². The van der Waals surface area contributed by atoms with Gasteiger partial charge in [-0.3, -0.25) is 9.52 Å². The Morgan fingerprint density at radius 3 is 2.04 bits per heavy atom. The van der Waals surface area contributed by atoms with Crippen LogP contribution in [0, 0.1) is 0 Å². The van der Waals surface area contributed by atoms with E-state index in [0.717, 1.165) is 30.8 Å². The molecule has 0 aliphatic carbocycles. The summed E-state index contributed by atoms with van der Waals surface area (Å²) in [5.41, 5.74) is 2.65. The Morgan fingerprint density at radius 2 is 1.52 bits per heavy atom. The largest absolute Gasteiger partial charge is 0.368 e. The maximum absolute atomic E-state index is 12.6. The molecule has 2 aromatic carbocycles. The third-order valence-electron chi connectivity index (χ3n) is 4.81. The number of hydrogen-bond donors (Lipinski definition) is 1. The van der Waals surface area contributed by atoms with Crippen molar-refractivity contribution in [3.63, 3.8) is 0 Å². The molecule has 0 unspecified atom stereocenters. The van der Waals surface area contributed by atoms with E-state index in [1.807, 2.05) is 24.3 Å². The van der Waals surface area contributed by atoms with Crippen molar-refractivity contribution in [1.29, 1.82) is 0 Å². The molecular formula is C20H25N3O3S. The van der Waals surface area contributed by atoms with Crippen LogP contribution < -0.4 is 9.62 Å². The number of rotatable bonds is 6. The van der Waals surface area contributed by atoms with Gasteiger partial charge in [0.1, 0.15) is 0 Å². The van der Waals surface area contributed by atoms with Crippen LogP contribution in [-0.4, -0.2) is 45.9 Å². The molecule has 27 heavy (non-hydrogen) atoms. The molecule has 3 rings (SSSR count). The summed E-state index contributed by atoms with van der Waals surface area (Å²) in [6.07, 6.45) is 0.878. The number of benzene rings is 2. The van der Waals surface area contributed by atoms with E-state index in [9.17, 15) is 13.2 Å². The fourth-order valence-corrected chi connectivity index (χ4v) is 4.13. The van der Waals surface area contributed by atoms with Gasteiger partial charge in [0.05, 0.1) is 4.90 Å². The highest BCUT2D eigenvalue weighted by atomic mass is 32.2. The predicted molar refractivity (Wildman–Crippen MR) is 108 cm³/mol. The molecule has 0 aromatic heterocycles. The number of hydrogen-bond acceptors (Lipinski definition) is 4. The summed E-state index contributed by atoms with van der Waals surface area (Å²) in [7, 11) is -3.61. The third kappa shape index (κ3) is 4.60. The molecule has 1 N–H and O–H groups in total. The van der Waals surface area contributed by atoms with Gasteiger partial charge < -0.3 is 9.80 Å². The molecule has 6 nitrogen and oxygen atoms in total. The molecule has 7 heteroatoms. The summed E-state index contributed by atoms with van der Waals surface area (Å²) in [4.78, 5) is 15.0. The van der Waals surface area contributed by atoms with Crippen LogP contribution in [0.2, 0.25) is 0 Å². The first-order valence-corrected chi connectivity index (χ1v) is 10.5. The van der Waals surface area contributed by atoms with E-state index in [0.29, 0.717) is 24.7 Å². The van der Waals surface area contributed by atoms with Gasteiger partial charge in [-0.25, -0.2) is 8.42 Å². The standard InChI is InChI=1S/C20H25N3O3S/c1-16(2)17-3-9-20(10-4-17)27(25,26)21-18-5-7-19(8-6-18)23-13-11-22(15-24)12-14-23/h3-10,15-16,21H,11-14H2,1-2H3. The predicted octanol–water partition coefficient (Wildman–Crippen LogP) is 2.89. The van der Waals surface area contributed by atoms with Crippen molar-refractivity contribution in [2.75, 3.05) is 35.8 Å². The number of carbonyl (C=O) groups excluding carboxylic acids is 1. The third-order valence-corrected chi connectivity index (χ3v) is 6.20. The Kier molecular flexibility index (Phi) is 5.70. The van der Waals surface area contributed by atoms with Crippen LogP contribution in [0.15, 0.2) is 53.4 Å². The molecule has 1 aliphatic rings. The highest BCUT2D eigenvalue weighted by Crippen LogP contribution is 2.23. The van der Waals surface area contributed by atoms with Gasteiger partial charge in [-0.2, -0.15) is 0 Å². The summed E-state index contributed by atoms with van der Waals surface area (Å²) in [5.74, 6) is 0.357. The number of anilines is 2. The maximum Gasteiger partial charge on any atom is 0.261 e. The number of nitrogens with one attached hydrogen (secondary N) is 1. The van der Waals surface area contributed by atoms with Crippen molar-refractivity contribution in [1.82, 2.24) is 4.90 Å². The van der Waals surface area contributed by atoms with Crippen LogP contribution in [0.3, 0.4) is 0 Å². The van der Waals surface area contributed by atoms with Crippen LogP contribution >= 0.6 is 0 Å². The smallest absolute Gasteiger partial charge is 0.261 e. The molecular weight excluding hydrogens is 362 g/mol. The van der Waals surface area contributed by atoms with Crippen molar-refractivity contribution >= 4 is 27.8 Å². The van der Waals surface area contributed by atoms with Gasteiger partial charge in [-0.05, 0) is 47.9 Å². The number of nitrogens with zero attached hydrogens (tertiary/aromatic N) is 2. The van der Waals surface area contributed by atoms with E-state index in [2.05, 4.69) is 23.5 Å². The topological polar surface area (TPSA) is 69.7 Å². The Morgan fingerprint density at radius 1 is 0.926 bits per heavy atom. The van der Waals surface area contributed by atoms with Crippen molar-refractivity contribution in [2.24, 2.45) is 0 Å². The molecule has 1 saturated heterocycles. The van der Waals surface area contributed by atoms with Gasteiger partial charge in [0.2, 0.25) is 6.41 Å². The molecule has 0 spiro atoms. The number of sulfonamides is 1. The number of piperazine rings is 1. The van der Waals surface area contributed by atoms with Gasteiger partial charge in [0, 0.05) is 37.6 Å². The van der Waals surface area contributed by atoms with E-state index in [1.54, 1.807) is 29.2 Å². The second-order valence-corrected chi connectivity index (χ2v) is 8.69. The van der Waals surface area contributed by atoms with Gasteiger partial charge in [0.15, 0.2) is 0 Å². The zero-order valence-corrected chi connectivity index (χ0v) is 16.4. The SMILES string of the molecule is CC(C)c1ccc(S(=O)(=O)Nc2ccc(N3CCN(C=O)CC3)cc2)cc1. The van der Waals surface area contributed by atoms with Crippen LogP contribution in [0.25, 0.3) is 0 Å². The molecule has 2 aromatic rings. The fourth-order valence-electron chi connectivity index (χ4n) is 3.07. The highest BCUT2D eigenvalue weighted by molar-refractivity contribution is 7.92. The molecule has 1 amide bonds. The van der Waals surface area contributed by atoms with Crippen molar-refractivity contribution in [2.45, 2.75) is 24.7 Å². The van der Waals surface area contributed by atoms with Crippen molar-refractivity contribution in [3.05, 3.63) is 54.1 Å². The molecule has 0 radical (unpaired) electrons. The quantitative estimate of drug-likeness (QED) is 0.774. The zero-order valence-electron chi connectivity index (χ0n) is 15.6. The Labute approximate surface area is 160 Å². The molecule has 1 heterocycles. The minimum Gasteiger partial charge on any atom is -0.368 e. The fraction of sp³-hybridized carbons (Fsp3) is 0.350. The second kappa shape index (κ2) is 8.00. The van der Waals surface area contributed by atoms with Crippen molar-refractivity contribution < 1.29 is 13.2 Å². The summed E-state index contributed by atoms with van der Waals surface area (Å²) < 4.78 is 27.8. The van der Waals surface area contributed by atoms with Gasteiger partial charge >= 0.3 is 0 Å². The molecule has 144 valence electrons. The zero-order chi connectivity index (χ0) is 19.4. The normalized spacial score (nSPS) is 15.1. The number of amides is 1. The lowest BCUT2D eigenvalue weighted by Crippen LogP contribution is -2.45. The summed E-state index contributed by atoms with van der Waals surface area (Å²) in [6.45, 7) is 7.08. The Bertz CT molecular complexity index is 870. The molecule has 0 atom stereocenters. The van der Waals surface area contributed by atoms with Crippen molar-refractivity contribution in [3.8, 4) is 0 Å². The lowest BCUT2D eigenvalue weighted by Gasteiger charge is -2.34. The lowest BCUT2D eigenvalue weighted by atomic mass is 10.0. The minimum absolute atomic E-state index is 0.251. The monoisotopic (exact) mass is 387 g/mol. The molecule has 1 fully saturated rings. The number of carbonyl (C=O) groups is 1. The first-order valence-electron chi connectivity index (χ1n) is 9.06. The molecule has 0 saturated carbocycles. The van der Waals surface area contributed by atoms with E-state index >= 15 is 0 Å². The summed E-state index contributed by atoms with van der Waals surface area (Å²) >= 11 is 0.